The average Bonchev–Trinajstić information content (AvgIpc) is 2.91. The van der Waals surface area contributed by atoms with Gasteiger partial charge in [-0.05, 0) is 56.3 Å². The van der Waals surface area contributed by atoms with E-state index in [2.05, 4.69) is 42.4 Å². The maximum atomic E-state index is 12.3. The van der Waals surface area contributed by atoms with Crippen LogP contribution in [0.15, 0.2) is 48.8 Å². The molecule has 0 unspecified atom stereocenters. The zero-order valence-electron chi connectivity index (χ0n) is 20.3. The number of rotatable bonds is 6. The van der Waals surface area contributed by atoms with Gasteiger partial charge in [0.2, 0.25) is 5.95 Å². The number of morpholine rings is 1. The molecule has 0 bridgehead atoms. The van der Waals surface area contributed by atoms with E-state index in [4.69, 9.17) is 14.5 Å². The van der Waals surface area contributed by atoms with E-state index >= 15 is 0 Å². The highest BCUT2D eigenvalue weighted by Crippen LogP contribution is 2.24. The van der Waals surface area contributed by atoms with Crippen LogP contribution in [0.1, 0.15) is 12.8 Å². The van der Waals surface area contributed by atoms with Crippen LogP contribution in [-0.2, 0) is 4.74 Å². The molecule has 1 aromatic carbocycles. The van der Waals surface area contributed by atoms with Crippen LogP contribution in [0, 0.1) is 0 Å². The van der Waals surface area contributed by atoms with Crippen molar-refractivity contribution < 1.29 is 14.3 Å². The first kappa shape index (κ1) is 23.9. The van der Waals surface area contributed by atoms with Gasteiger partial charge in [-0.3, -0.25) is 4.98 Å². The Bertz CT molecular complexity index is 1150. The summed E-state index contributed by atoms with van der Waals surface area (Å²) in [6.45, 7) is 4.67. The number of hydrogen-bond donors (Lipinski definition) is 2. The van der Waals surface area contributed by atoms with Crippen molar-refractivity contribution in [2.75, 3.05) is 62.0 Å². The Balaban J connectivity index is 1.32. The van der Waals surface area contributed by atoms with Gasteiger partial charge < -0.3 is 29.9 Å². The molecule has 5 rings (SSSR count). The maximum Gasteiger partial charge on any atom is 0.323 e. The number of likely N-dealkylation sites (tertiary alicyclic amines) is 1. The standard InChI is InChI=1S/C25H30N8O3/c1-32-12-8-21(9-13-32)36-25-30-22(29-23(31-25)33-14-16-35-17-15-33)18-2-4-19(5-3-18)27-24(34)28-20-6-10-26-11-7-20/h2-7,10-11,21H,8-9,12-17H2,1H3,(H2,26,27,28,34). The van der Waals surface area contributed by atoms with Crippen LogP contribution in [0.25, 0.3) is 11.4 Å². The number of benzene rings is 1. The fourth-order valence-corrected chi connectivity index (χ4v) is 4.12. The molecule has 0 spiro atoms. The van der Waals surface area contributed by atoms with Gasteiger partial charge in [0.05, 0.1) is 13.2 Å². The number of pyridine rings is 1. The second-order valence-electron chi connectivity index (χ2n) is 8.85. The molecular weight excluding hydrogens is 460 g/mol. The minimum Gasteiger partial charge on any atom is -0.460 e. The average molecular weight is 491 g/mol. The van der Waals surface area contributed by atoms with Crippen LogP contribution in [0.5, 0.6) is 6.01 Å². The molecule has 3 aromatic rings. The van der Waals surface area contributed by atoms with E-state index < -0.39 is 0 Å². The number of carbonyl (C=O) groups is 1. The van der Waals surface area contributed by atoms with Crippen LogP contribution in [-0.4, -0.2) is 83.4 Å². The first-order chi connectivity index (χ1) is 17.6. The Morgan fingerprint density at radius 1 is 0.917 bits per heavy atom. The number of carbonyl (C=O) groups excluding carboxylic acids is 1. The minimum absolute atomic E-state index is 0.0828. The maximum absolute atomic E-state index is 12.3. The number of hydrogen-bond acceptors (Lipinski definition) is 9. The number of nitrogens with one attached hydrogen (secondary N) is 2. The Morgan fingerprint density at radius 2 is 1.58 bits per heavy atom. The third-order valence-electron chi connectivity index (χ3n) is 6.17. The molecule has 2 fully saturated rings. The molecule has 4 heterocycles. The number of nitrogens with zero attached hydrogens (tertiary/aromatic N) is 6. The highest BCUT2D eigenvalue weighted by Gasteiger charge is 2.22. The summed E-state index contributed by atoms with van der Waals surface area (Å²) in [5.74, 6) is 1.12. The lowest BCUT2D eigenvalue weighted by molar-refractivity contribution is 0.104. The van der Waals surface area contributed by atoms with Crippen molar-refractivity contribution in [1.29, 1.82) is 0 Å². The summed E-state index contributed by atoms with van der Waals surface area (Å²) in [6.07, 6.45) is 5.20. The fraction of sp³-hybridized carbons (Fsp3) is 0.400. The second kappa shape index (κ2) is 11.3. The number of amides is 2. The summed E-state index contributed by atoms with van der Waals surface area (Å²) >= 11 is 0. The van der Waals surface area contributed by atoms with E-state index in [-0.39, 0.29) is 12.1 Å². The monoisotopic (exact) mass is 490 g/mol. The summed E-state index contributed by atoms with van der Waals surface area (Å²) in [6, 6.07) is 10.8. The minimum atomic E-state index is -0.336. The van der Waals surface area contributed by atoms with Crippen LogP contribution >= 0.6 is 0 Å². The Labute approximate surface area is 209 Å². The van der Waals surface area contributed by atoms with Crippen LogP contribution < -0.4 is 20.3 Å². The number of anilines is 3. The molecular formula is C25H30N8O3. The van der Waals surface area contributed by atoms with Crippen LogP contribution in [0.2, 0.25) is 0 Å². The second-order valence-corrected chi connectivity index (χ2v) is 8.85. The Hall–Kier alpha value is -3.83. The molecule has 0 radical (unpaired) electrons. The summed E-state index contributed by atoms with van der Waals surface area (Å²) < 4.78 is 11.7. The highest BCUT2D eigenvalue weighted by atomic mass is 16.5. The molecule has 2 N–H and O–H groups in total. The van der Waals surface area contributed by atoms with Gasteiger partial charge in [0.15, 0.2) is 5.82 Å². The molecule has 2 amide bonds. The van der Waals surface area contributed by atoms with Crippen molar-refractivity contribution in [3.05, 3.63) is 48.8 Å². The lowest BCUT2D eigenvalue weighted by Gasteiger charge is -2.29. The van der Waals surface area contributed by atoms with E-state index in [1.165, 1.54) is 0 Å². The van der Waals surface area contributed by atoms with Crippen molar-refractivity contribution in [2.24, 2.45) is 0 Å². The molecule has 2 aliphatic heterocycles. The predicted octanol–water partition coefficient (Wildman–Crippen LogP) is 2.89. The zero-order valence-corrected chi connectivity index (χ0v) is 20.3. The SMILES string of the molecule is CN1CCC(Oc2nc(-c3ccc(NC(=O)Nc4ccncc4)cc3)nc(N3CCOCC3)n2)CC1. The van der Waals surface area contributed by atoms with Gasteiger partial charge in [0.1, 0.15) is 6.10 Å². The van der Waals surface area contributed by atoms with E-state index in [1.807, 2.05) is 24.3 Å². The fourth-order valence-electron chi connectivity index (χ4n) is 4.12. The van der Waals surface area contributed by atoms with Gasteiger partial charge >= 0.3 is 12.0 Å². The molecule has 2 saturated heterocycles. The highest BCUT2D eigenvalue weighted by molar-refractivity contribution is 5.99. The molecule has 2 aromatic heterocycles. The van der Waals surface area contributed by atoms with E-state index in [9.17, 15) is 4.79 Å². The number of ether oxygens (including phenoxy) is 2. The zero-order chi connectivity index (χ0) is 24.7. The number of piperidine rings is 1. The van der Waals surface area contributed by atoms with Crippen molar-refractivity contribution in [3.63, 3.8) is 0 Å². The molecule has 11 nitrogen and oxygen atoms in total. The lowest BCUT2D eigenvalue weighted by atomic mass is 10.1. The summed E-state index contributed by atoms with van der Waals surface area (Å²) in [7, 11) is 2.12. The third kappa shape index (κ3) is 6.23. The van der Waals surface area contributed by atoms with Gasteiger partial charge in [-0.1, -0.05) is 0 Å². The van der Waals surface area contributed by atoms with E-state index in [0.717, 1.165) is 31.5 Å². The van der Waals surface area contributed by atoms with Crippen molar-refractivity contribution >= 4 is 23.4 Å². The predicted molar refractivity (Wildman–Crippen MR) is 136 cm³/mol. The molecule has 188 valence electrons. The number of aromatic nitrogens is 4. The lowest BCUT2D eigenvalue weighted by Crippen LogP contribution is -2.38. The summed E-state index contributed by atoms with van der Waals surface area (Å²) in [5, 5.41) is 5.60. The van der Waals surface area contributed by atoms with Crippen LogP contribution in [0.4, 0.5) is 22.1 Å². The summed E-state index contributed by atoms with van der Waals surface area (Å²) in [5.41, 5.74) is 2.12. The third-order valence-corrected chi connectivity index (χ3v) is 6.17. The molecule has 36 heavy (non-hydrogen) atoms. The Kier molecular flexibility index (Phi) is 7.48. The molecule has 0 saturated carbocycles. The van der Waals surface area contributed by atoms with E-state index in [0.29, 0.717) is 55.5 Å². The van der Waals surface area contributed by atoms with Gasteiger partial charge in [-0.2, -0.15) is 15.0 Å². The number of urea groups is 1. The van der Waals surface area contributed by atoms with Crippen LogP contribution in [0.3, 0.4) is 0 Å². The van der Waals surface area contributed by atoms with Gasteiger partial charge in [0.25, 0.3) is 0 Å². The molecule has 11 heteroatoms. The molecule has 0 aliphatic carbocycles. The first-order valence-electron chi connectivity index (χ1n) is 12.1. The smallest absolute Gasteiger partial charge is 0.323 e. The largest absolute Gasteiger partial charge is 0.460 e. The quantitative estimate of drug-likeness (QED) is 0.538. The van der Waals surface area contributed by atoms with Crippen molar-refractivity contribution in [1.82, 2.24) is 24.8 Å². The first-order valence-corrected chi connectivity index (χ1v) is 12.1. The van der Waals surface area contributed by atoms with Gasteiger partial charge in [-0.15, -0.1) is 0 Å². The summed E-state index contributed by atoms with van der Waals surface area (Å²) in [4.78, 5) is 34.6. The topological polar surface area (TPSA) is 118 Å². The molecule has 0 atom stereocenters. The normalized spacial score (nSPS) is 17.0. The van der Waals surface area contributed by atoms with Gasteiger partial charge in [-0.25, -0.2) is 4.79 Å². The van der Waals surface area contributed by atoms with Crippen molar-refractivity contribution in [2.45, 2.75) is 18.9 Å². The molecule has 2 aliphatic rings. The van der Waals surface area contributed by atoms with Crippen molar-refractivity contribution in [3.8, 4) is 17.4 Å². The van der Waals surface area contributed by atoms with Gasteiger partial charge in [0, 0.05) is 55.5 Å². The Morgan fingerprint density at radius 3 is 2.28 bits per heavy atom. The van der Waals surface area contributed by atoms with E-state index in [1.54, 1.807) is 24.5 Å².